The predicted octanol–water partition coefficient (Wildman–Crippen LogP) is 0.0242. The lowest BCUT2D eigenvalue weighted by Gasteiger charge is -2.36. The summed E-state index contributed by atoms with van der Waals surface area (Å²) in [4.78, 5) is 28.6. The van der Waals surface area contributed by atoms with E-state index >= 15 is 0 Å². The molecule has 0 aliphatic carbocycles. The number of nitrogens with one attached hydrogen (secondary N) is 1. The Labute approximate surface area is 162 Å². The number of benzene rings is 1. The van der Waals surface area contributed by atoms with Crippen molar-refractivity contribution in [2.75, 3.05) is 30.8 Å². The lowest BCUT2D eigenvalue weighted by molar-refractivity contribution is -0.127. The van der Waals surface area contributed by atoms with Gasteiger partial charge in [0.05, 0.1) is 23.6 Å². The van der Waals surface area contributed by atoms with E-state index < -0.39 is 22.0 Å². The van der Waals surface area contributed by atoms with Crippen LogP contribution < -0.4 is 15.0 Å². The molecule has 0 saturated heterocycles. The van der Waals surface area contributed by atoms with Gasteiger partial charge >= 0.3 is 0 Å². The van der Waals surface area contributed by atoms with E-state index in [0.717, 1.165) is 0 Å². The van der Waals surface area contributed by atoms with Crippen LogP contribution >= 0.6 is 0 Å². The van der Waals surface area contributed by atoms with Gasteiger partial charge in [0.15, 0.2) is 11.9 Å². The monoisotopic (exact) mass is 402 g/mol. The molecular weight excluding hydrogens is 384 g/mol. The zero-order valence-corrected chi connectivity index (χ0v) is 15.8. The van der Waals surface area contributed by atoms with E-state index in [1.165, 1.54) is 18.0 Å². The number of anilines is 1. The number of amidine groups is 1. The lowest BCUT2D eigenvalue weighted by atomic mass is 10.1. The molecule has 0 radical (unpaired) electrons. The Balaban J connectivity index is 1.74. The number of fused-ring (bicyclic) bond motifs is 2. The molecule has 1 atom stereocenters. The van der Waals surface area contributed by atoms with Crippen molar-refractivity contribution in [3.63, 3.8) is 0 Å². The second kappa shape index (κ2) is 6.79. The third-order valence-corrected chi connectivity index (χ3v) is 5.80. The number of hydrogen-bond acceptors (Lipinski definition) is 6. The standard InChI is InChI=1S/C18H18N4O5S/c1-19-17(23)15-11-22(13-6-2-3-7-14(13)27-15)18(24)12-5-4-8-21-9-10-28(25,26)20-16(12)21/h2-8,15H,9-11H2,1H3,(H,19,23). The van der Waals surface area contributed by atoms with E-state index in [-0.39, 0.29) is 36.2 Å². The minimum atomic E-state index is -3.63. The molecule has 0 aromatic heterocycles. The fraction of sp³-hybridized carbons (Fsp3) is 0.278. The molecule has 1 aromatic rings. The molecule has 3 aliphatic rings. The van der Waals surface area contributed by atoms with Crippen LogP contribution in [0.15, 0.2) is 52.6 Å². The number of carbonyl (C=O) groups excluding carboxylic acids is 2. The molecule has 2 amide bonds. The van der Waals surface area contributed by atoms with Crippen LogP contribution in [0.1, 0.15) is 0 Å². The molecule has 0 fully saturated rings. The Morgan fingerprint density at radius 3 is 2.86 bits per heavy atom. The first-order valence-corrected chi connectivity index (χ1v) is 10.3. The highest BCUT2D eigenvalue weighted by molar-refractivity contribution is 7.90. The molecule has 28 heavy (non-hydrogen) atoms. The fourth-order valence-corrected chi connectivity index (χ4v) is 4.24. The van der Waals surface area contributed by atoms with E-state index in [0.29, 0.717) is 11.4 Å². The van der Waals surface area contributed by atoms with Gasteiger partial charge in [-0.2, -0.15) is 0 Å². The van der Waals surface area contributed by atoms with Crippen molar-refractivity contribution in [1.29, 1.82) is 0 Å². The minimum Gasteiger partial charge on any atom is -0.477 e. The number of carbonyl (C=O) groups is 2. The molecule has 0 spiro atoms. The molecule has 10 heteroatoms. The lowest BCUT2D eigenvalue weighted by Crippen LogP contribution is -2.52. The third-order valence-electron chi connectivity index (χ3n) is 4.65. The summed E-state index contributed by atoms with van der Waals surface area (Å²) in [6, 6.07) is 6.89. The summed E-state index contributed by atoms with van der Waals surface area (Å²) in [6.07, 6.45) is 4.01. The van der Waals surface area contributed by atoms with Crippen LogP contribution in [0.3, 0.4) is 0 Å². The zero-order chi connectivity index (χ0) is 19.9. The number of ether oxygens (including phenoxy) is 1. The van der Waals surface area contributed by atoms with Crippen LogP contribution in [-0.4, -0.2) is 63.0 Å². The molecule has 1 aromatic carbocycles. The van der Waals surface area contributed by atoms with Gasteiger partial charge in [-0.25, -0.2) is 8.42 Å². The zero-order valence-electron chi connectivity index (χ0n) is 15.0. The maximum atomic E-state index is 13.4. The first-order chi connectivity index (χ1) is 13.4. The molecule has 0 saturated carbocycles. The van der Waals surface area contributed by atoms with Gasteiger partial charge in [0.1, 0.15) is 5.75 Å². The Hall–Kier alpha value is -3.14. The predicted molar refractivity (Wildman–Crippen MR) is 102 cm³/mol. The van der Waals surface area contributed by atoms with Gasteiger partial charge in [-0.1, -0.05) is 12.1 Å². The Bertz CT molecular complexity index is 1040. The number of allylic oxidation sites excluding steroid dienone is 2. The van der Waals surface area contributed by atoms with Gasteiger partial charge in [0, 0.05) is 19.8 Å². The normalized spacial score (nSPS) is 22.2. The molecule has 1 unspecified atom stereocenters. The number of hydrogen-bond donors (Lipinski definition) is 1. The summed E-state index contributed by atoms with van der Waals surface area (Å²) in [5.74, 6) is -0.419. The van der Waals surface area contributed by atoms with Crippen LogP contribution in [0.25, 0.3) is 0 Å². The Kier molecular flexibility index (Phi) is 4.42. The smallest absolute Gasteiger partial charge is 0.262 e. The van der Waals surface area contributed by atoms with Crippen LogP contribution in [0.2, 0.25) is 0 Å². The van der Waals surface area contributed by atoms with Crippen LogP contribution in [-0.2, 0) is 19.6 Å². The second-order valence-electron chi connectivity index (χ2n) is 6.42. The van der Waals surface area contributed by atoms with Crippen LogP contribution in [0.5, 0.6) is 5.75 Å². The topological polar surface area (TPSA) is 108 Å². The van der Waals surface area contributed by atoms with E-state index in [9.17, 15) is 18.0 Å². The van der Waals surface area contributed by atoms with Gasteiger partial charge in [-0.15, -0.1) is 4.40 Å². The summed E-state index contributed by atoms with van der Waals surface area (Å²) in [7, 11) is -2.13. The van der Waals surface area contributed by atoms with Crippen molar-refractivity contribution >= 4 is 33.4 Å². The number of rotatable bonds is 2. The van der Waals surface area contributed by atoms with Crippen molar-refractivity contribution in [3.8, 4) is 5.75 Å². The number of sulfonamides is 1. The molecular formula is C18H18N4O5S. The van der Waals surface area contributed by atoms with Gasteiger partial charge in [-0.3, -0.25) is 9.59 Å². The quantitative estimate of drug-likeness (QED) is 0.747. The van der Waals surface area contributed by atoms with Crippen molar-refractivity contribution in [1.82, 2.24) is 10.2 Å². The van der Waals surface area contributed by atoms with Crippen molar-refractivity contribution in [3.05, 3.63) is 48.2 Å². The number of nitrogens with zero attached hydrogens (tertiary/aromatic N) is 3. The van der Waals surface area contributed by atoms with Crippen molar-refractivity contribution in [2.24, 2.45) is 4.40 Å². The number of amides is 2. The summed E-state index contributed by atoms with van der Waals surface area (Å²) < 4.78 is 33.4. The molecule has 146 valence electrons. The van der Waals surface area contributed by atoms with E-state index in [2.05, 4.69) is 9.71 Å². The average molecular weight is 402 g/mol. The van der Waals surface area contributed by atoms with Gasteiger partial charge in [0.25, 0.3) is 21.8 Å². The highest BCUT2D eigenvalue weighted by Crippen LogP contribution is 2.34. The first kappa shape index (κ1) is 18.2. The molecule has 3 heterocycles. The summed E-state index contributed by atoms with van der Waals surface area (Å²) in [5.41, 5.74) is 0.659. The summed E-state index contributed by atoms with van der Waals surface area (Å²) in [6.45, 7) is 0.222. The van der Waals surface area contributed by atoms with E-state index in [1.807, 2.05) is 0 Å². The van der Waals surface area contributed by atoms with Gasteiger partial charge in [-0.05, 0) is 24.3 Å². The second-order valence-corrected chi connectivity index (χ2v) is 8.18. The van der Waals surface area contributed by atoms with Crippen molar-refractivity contribution in [2.45, 2.75) is 6.10 Å². The minimum absolute atomic E-state index is 0.00337. The number of likely N-dealkylation sites (N-methyl/N-ethyl adjacent to an activating group) is 1. The van der Waals surface area contributed by atoms with Crippen LogP contribution in [0.4, 0.5) is 5.69 Å². The Morgan fingerprint density at radius 1 is 1.29 bits per heavy atom. The molecule has 3 aliphatic heterocycles. The summed E-state index contributed by atoms with van der Waals surface area (Å²) >= 11 is 0. The fourth-order valence-electron chi connectivity index (χ4n) is 3.25. The molecule has 1 N–H and O–H groups in total. The first-order valence-electron chi connectivity index (χ1n) is 8.67. The largest absolute Gasteiger partial charge is 0.477 e. The van der Waals surface area contributed by atoms with Crippen molar-refractivity contribution < 1.29 is 22.7 Å². The maximum Gasteiger partial charge on any atom is 0.262 e. The van der Waals surface area contributed by atoms with Gasteiger partial charge < -0.3 is 19.9 Å². The van der Waals surface area contributed by atoms with E-state index in [1.54, 1.807) is 41.4 Å². The van der Waals surface area contributed by atoms with E-state index in [4.69, 9.17) is 4.74 Å². The SMILES string of the molecule is CNC(=O)C1CN(C(=O)C2=CC=CN3CCS(=O)(=O)N=C23)c2ccccc2O1. The van der Waals surface area contributed by atoms with Gasteiger partial charge in [0.2, 0.25) is 0 Å². The maximum absolute atomic E-state index is 13.4. The number of para-hydroxylation sites is 2. The highest BCUT2D eigenvalue weighted by Gasteiger charge is 2.37. The molecule has 9 nitrogen and oxygen atoms in total. The Morgan fingerprint density at radius 2 is 2.07 bits per heavy atom. The average Bonchev–Trinajstić information content (AvgIpc) is 2.70. The highest BCUT2D eigenvalue weighted by atomic mass is 32.2. The molecule has 4 rings (SSSR count). The molecule has 0 bridgehead atoms. The third kappa shape index (κ3) is 3.15. The summed E-state index contributed by atoms with van der Waals surface area (Å²) in [5, 5.41) is 2.52. The van der Waals surface area contributed by atoms with Crippen LogP contribution in [0, 0.1) is 0 Å².